The van der Waals surface area contributed by atoms with E-state index in [-0.39, 0.29) is 49.4 Å². The van der Waals surface area contributed by atoms with Gasteiger partial charge in [-0.3, -0.25) is 4.99 Å². The Balaban J connectivity index is 0.00000450. The van der Waals surface area contributed by atoms with Gasteiger partial charge in [0.05, 0.1) is 32.8 Å². The molecule has 0 aliphatic heterocycles. The van der Waals surface area contributed by atoms with Crippen molar-refractivity contribution in [1.82, 2.24) is 10.6 Å². The Morgan fingerprint density at radius 2 is 1.70 bits per heavy atom. The van der Waals surface area contributed by atoms with Crippen molar-refractivity contribution < 1.29 is 27.8 Å². The molecule has 6 nitrogen and oxygen atoms in total. The fraction of sp³-hybridized carbons (Fsp3) is 0.650. The molecule has 1 aromatic rings. The molecule has 0 aromatic heterocycles. The summed E-state index contributed by atoms with van der Waals surface area (Å²) in [5.74, 6) is 0.393. The second kappa shape index (κ2) is 12.4. The van der Waals surface area contributed by atoms with E-state index in [0.717, 1.165) is 0 Å². The lowest BCUT2D eigenvalue weighted by atomic mass is 9.85. The highest BCUT2D eigenvalue weighted by Gasteiger charge is 2.41. The number of aliphatic hydroxyl groups is 1. The number of aliphatic imine (C=N–C) groups is 1. The number of nitrogens with one attached hydrogen (secondary N) is 2. The maximum Gasteiger partial charge on any atom is 0.391 e. The molecule has 2 rings (SSSR count). The smallest absolute Gasteiger partial charge is 0.391 e. The molecule has 1 aliphatic rings. The zero-order valence-corrected chi connectivity index (χ0v) is 19.8. The average Bonchev–Trinajstić information content (AvgIpc) is 2.71. The van der Waals surface area contributed by atoms with Crippen molar-refractivity contribution >= 4 is 29.9 Å². The minimum absolute atomic E-state index is 0. The summed E-state index contributed by atoms with van der Waals surface area (Å²) in [7, 11) is 3.06. The van der Waals surface area contributed by atoms with Crippen molar-refractivity contribution in [3.8, 4) is 11.5 Å². The van der Waals surface area contributed by atoms with Crippen LogP contribution in [0.5, 0.6) is 11.5 Å². The Bertz CT molecular complexity index is 659. The first kappa shape index (κ1) is 26.6. The quantitative estimate of drug-likeness (QED) is 0.274. The zero-order valence-electron chi connectivity index (χ0n) is 17.5. The van der Waals surface area contributed by atoms with Gasteiger partial charge in [0.15, 0.2) is 5.96 Å². The number of halogens is 4. The maximum atomic E-state index is 12.8. The summed E-state index contributed by atoms with van der Waals surface area (Å²) in [6.07, 6.45) is -3.89. The molecule has 172 valence electrons. The predicted molar refractivity (Wildman–Crippen MR) is 121 cm³/mol. The van der Waals surface area contributed by atoms with Gasteiger partial charge < -0.3 is 25.2 Å². The SMILES string of the molecule is CCNC(=NCC(O)c1cc(OC)cc(OC)c1)NC1CCC(C(F)(F)F)CC1.I. The summed E-state index contributed by atoms with van der Waals surface area (Å²) in [5, 5.41) is 16.8. The summed E-state index contributed by atoms with van der Waals surface area (Å²) in [6, 6.07) is 5.06. The standard InChI is InChI=1S/C20H30F3N3O3.HI/c1-4-24-19(26-15-7-5-14(6-8-15)20(21,22)23)25-12-18(27)13-9-16(28-2)11-17(10-13)29-3;/h9-11,14-15,18,27H,4-8,12H2,1-3H3,(H2,24,25,26);1H. The molecule has 0 amide bonds. The Kier molecular flexibility index (Phi) is 11.0. The molecule has 30 heavy (non-hydrogen) atoms. The van der Waals surface area contributed by atoms with E-state index in [1.807, 2.05) is 6.92 Å². The van der Waals surface area contributed by atoms with Gasteiger partial charge in [-0.15, -0.1) is 24.0 Å². The van der Waals surface area contributed by atoms with E-state index in [9.17, 15) is 18.3 Å². The van der Waals surface area contributed by atoms with Gasteiger partial charge in [-0.05, 0) is 50.3 Å². The number of hydrogen-bond donors (Lipinski definition) is 3. The molecule has 0 heterocycles. The molecule has 1 aliphatic carbocycles. The molecule has 1 saturated carbocycles. The Morgan fingerprint density at radius 1 is 1.13 bits per heavy atom. The van der Waals surface area contributed by atoms with Gasteiger partial charge in [0.2, 0.25) is 0 Å². The highest BCUT2D eigenvalue weighted by molar-refractivity contribution is 14.0. The summed E-state index contributed by atoms with van der Waals surface area (Å²) in [6.45, 7) is 2.59. The largest absolute Gasteiger partial charge is 0.497 e. The van der Waals surface area contributed by atoms with Crippen LogP contribution in [0.15, 0.2) is 23.2 Å². The van der Waals surface area contributed by atoms with E-state index in [0.29, 0.717) is 42.4 Å². The molecule has 0 bridgehead atoms. The number of methoxy groups -OCH3 is 2. The molecular formula is C20H31F3IN3O3. The Hall–Kier alpha value is -1.43. The highest BCUT2D eigenvalue weighted by Crippen LogP contribution is 2.37. The fourth-order valence-corrected chi connectivity index (χ4v) is 3.38. The van der Waals surface area contributed by atoms with Gasteiger partial charge >= 0.3 is 6.18 Å². The second-order valence-corrected chi connectivity index (χ2v) is 7.12. The highest BCUT2D eigenvalue weighted by atomic mass is 127. The number of hydrogen-bond acceptors (Lipinski definition) is 4. The van der Waals surface area contributed by atoms with Crippen molar-refractivity contribution in [2.45, 2.75) is 50.9 Å². The molecule has 1 unspecified atom stereocenters. The minimum Gasteiger partial charge on any atom is -0.497 e. The third kappa shape index (κ3) is 8.01. The zero-order chi connectivity index (χ0) is 21.4. The summed E-state index contributed by atoms with van der Waals surface area (Å²) < 4.78 is 48.9. The van der Waals surface area contributed by atoms with Crippen LogP contribution in [-0.2, 0) is 0 Å². The summed E-state index contributed by atoms with van der Waals surface area (Å²) in [4.78, 5) is 4.40. The van der Waals surface area contributed by atoms with Gasteiger partial charge in [0.25, 0.3) is 0 Å². The fourth-order valence-electron chi connectivity index (χ4n) is 3.38. The van der Waals surface area contributed by atoms with Crippen LogP contribution in [0.25, 0.3) is 0 Å². The topological polar surface area (TPSA) is 75.1 Å². The monoisotopic (exact) mass is 545 g/mol. The van der Waals surface area contributed by atoms with Crippen LogP contribution in [0.2, 0.25) is 0 Å². The molecule has 0 saturated heterocycles. The van der Waals surface area contributed by atoms with E-state index in [2.05, 4.69) is 15.6 Å². The van der Waals surface area contributed by atoms with Crippen LogP contribution in [0, 0.1) is 5.92 Å². The third-order valence-electron chi connectivity index (χ3n) is 5.06. The normalized spacial score (nSPS) is 20.7. The molecule has 3 N–H and O–H groups in total. The van der Waals surface area contributed by atoms with Gasteiger partial charge in [-0.2, -0.15) is 13.2 Å². The third-order valence-corrected chi connectivity index (χ3v) is 5.06. The van der Waals surface area contributed by atoms with Crippen LogP contribution >= 0.6 is 24.0 Å². The molecule has 1 aromatic carbocycles. The second-order valence-electron chi connectivity index (χ2n) is 7.12. The molecular weight excluding hydrogens is 514 g/mol. The maximum absolute atomic E-state index is 12.8. The number of benzene rings is 1. The molecule has 0 radical (unpaired) electrons. The molecule has 10 heteroatoms. The van der Waals surface area contributed by atoms with E-state index < -0.39 is 18.2 Å². The van der Waals surface area contributed by atoms with E-state index in [4.69, 9.17) is 9.47 Å². The van der Waals surface area contributed by atoms with E-state index in [1.54, 1.807) is 18.2 Å². The van der Waals surface area contributed by atoms with Crippen LogP contribution < -0.4 is 20.1 Å². The minimum atomic E-state index is -4.12. The first-order chi connectivity index (χ1) is 13.8. The number of guanidine groups is 1. The van der Waals surface area contributed by atoms with Gasteiger partial charge in [0.1, 0.15) is 11.5 Å². The van der Waals surface area contributed by atoms with Crippen molar-refractivity contribution in [2.75, 3.05) is 27.3 Å². The summed E-state index contributed by atoms with van der Waals surface area (Å²) in [5.41, 5.74) is 0.603. The van der Waals surface area contributed by atoms with Crippen molar-refractivity contribution in [1.29, 1.82) is 0 Å². The Labute approximate surface area is 192 Å². The predicted octanol–water partition coefficient (Wildman–Crippen LogP) is 4.03. The van der Waals surface area contributed by atoms with Crippen molar-refractivity contribution in [3.05, 3.63) is 23.8 Å². The average molecular weight is 545 g/mol. The van der Waals surface area contributed by atoms with E-state index in [1.165, 1.54) is 14.2 Å². The lowest BCUT2D eigenvalue weighted by molar-refractivity contribution is -0.182. The molecule has 0 spiro atoms. The van der Waals surface area contributed by atoms with Crippen molar-refractivity contribution in [3.63, 3.8) is 0 Å². The van der Waals surface area contributed by atoms with Crippen LogP contribution in [0.4, 0.5) is 13.2 Å². The van der Waals surface area contributed by atoms with Crippen LogP contribution in [0.3, 0.4) is 0 Å². The Morgan fingerprint density at radius 3 is 2.17 bits per heavy atom. The summed E-state index contributed by atoms with van der Waals surface area (Å²) >= 11 is 0. The number of aliphatic hydroxyl groups excluding tert-OH is 1. The van der Waals surface area contributed by atoms with Gasteiger partial charge in [0, 0.05) is 18.7 Å². The number of alkyl halides is 3. The first-order valence-corrected chi connectivity index (χ1v) is 9.79. The van der Waals surface area contributed by atoms with Gasteiger partial charge in [-0.25, -0.2) is 0 Å². The van der Waals surface area contributed by atoms with Crippen LogP contribution in [0.1, 0.15) is 44.3 Å². The lowest BCUT2D eigenvalue weighted by Gasteiger charge is -2.31. The molecule has 1 fully saturated rings. The number of ether oxygens (including phenoxy) is 2. The number of nitrogens with zero attached hydrogens (tertiary/aromatic N) is 1. The lowest BCUT2D eigenvalue weighted by Crippen LogP contribution is -2.46. The molecule has 1 atom stereocenters. The number of rotatable bonds is 7. The first-order valence-electron chi connectivity index (χ1n) is 9.79. The van der Waals surface area contributed by atoms with Crippen LogP contribution in [-0.4, -0.2) is 50.6 Å². The van der Waals surface area contributed by atoms with Crippen molar-refractivity contribution in [2.24, 2.45) is 10.9 Å². The van der Waals surface area contributed by atoms with E-state index >= 15 is 0 Å². The van der Waals surface area contributed by atoms with Gasteiger partial charge in [-0.1, -0.05) is 0 Å².